The zero-order valence-corrected chi connectivity index (χ0v) is 20.0. The van der Waals surface area contributed by atoms with Crippen LogP contribution < -0.4 is 24.2 Å². The molecule has 1 spiro atoms. The summed E-state index contributed by atoms with van der Waals surface area (Å²) in [6, 6.07) is 11.6. The molecule has 176 valence electrons. The van der Waals surface area contributed by atoms with Crippen molar-refractivity contribution in [2.45, 2.75) is 36.1 Å². The third-order valence-electron chi connectivity index (χ3n) is 6.67. The molecule has 2 aromatic heterocycles. The van der Waals surface area contributed by atoms with Crippen LogP contribution in [-0.2, 0) is 12.0 Å². The van der Waals surface area contributed by atoms with Crippen molar-refractivity contribution in [2.75, 3.05) is 31.4 Å². The smallest absolute Gasteiger partial charge is 0.187 e. The number of aromatic nitrogens is 3. The predicted molar refractivity (Wildman–Crippen MR) is 131 cm³/mol. The Kier molecular flexibility index (Phi) is 4.98. The fourth-order valence-electron chi connectivity index (χ4n) is 4.64. The summed E-state index contributed by atoms with van der Waals surface area (Å²) in [6.45, 7) is 0.985. The summed E-state index contributed by atoms with van der Waals surface area (Å²) in [5.74, 6) is 3.47. The molecule has 0 saturated heterocycles. The van der Waals surface area contributed by atoms with Crippen LogP contribution in [0.4, 0.5) is 17.3 Å². The van der Waals surface area contributed by atoms with E-state index in [-0.39, 0.29) is 0 Å². The van der Waals surface area contributed by atoms with Crippen LogP contribution in [0.5, 0.6) is 17.2 Å². The van der Waals surface area contributed by atoms with Crippen LogP contribution in [-0.4, -0.2) is 36.3 Å². The van der Waals surface area contributed by atoms with Crippen LogP contribution >= 0.6 is 11.9 Å². The second-order valence-corrected chi connectivity index (χ2v) is 9.39. The van der Waals surface area contributed by atoms with Crippen molar-refractivity contribution in [2.24, 2.45) is 0 Å². The Labute approximate surface area is 200 Å². The summed E-state index contributed by atoms with van der Waals surface area (Å²) >= 11 is 1.34. The molecule has 0 atom stereocenters. The van der Waals surface area contributed by atoms with Crippen LogP contribution in [0.1, 0.15) is 25.0 Å². The molecule has 0 unspecified atom stereocenters. The number of hydrogen-bond acceptors (Lipinski definition) is 9. The van der Waals surface area contributed by atoms with Crippen molar-refractivity contribution in [3.05, 3.63) is 42.1 Å². The van der Waals surface area contributed by atoms with Gasteiger partial charge in [-0.25, -0.2) is 0 Å². The first-order valence-corrected chi connectivity index (χ1v) is 11.9. The number of methoxy groups -OCH3 is 3. The van der Waals surface area contributed by atoms with E-state index in [1.807, 2.05) is 30.3 Å². The van der Waals surface area contributed by atoms with Crippen molar-refractivity contribution in [1.29, 1.82) is 0 Å². The van der Waals surface area contributed by atoms with Gasteiger partial charge in [-0.15, -0.1) is 0 Å². The molecule has 1 fully saturated rings. The quantitative estimate of drug-likeness (QED) is 0.324. The molecule has 1 aliphatic carbocycles. The van der Waals surface area contributed by atoms with Crippen LogP contribution in [0, 0.1) is 0 Å². The number of hydrogen-bond donors (Lipinski definition) is 2. The Bertz CT molecular complexity index is 1360. The lowest BCUT2D eigenvalue weighted by Crippen LogP contribution is -1.99. The van der Waals surface area contributed by atoms with E-state index in [4.69, 9.17) is 23.8 Å². The highest BCUT2D eigenvalue weighted by Crippen LogP contribution is 2.55. The van der Waals surface area contributed by atoms with Gasteiger partial charge in [0.05, 0.1) is 32.4 Å². The van der Waals surface area contributed by atoms with Gasteiger partial charge < -0.3 is 28.8 Å². The number of nitrogens with one attached hydrogen (secondary N) is 2. The molecule has 1 saturated carbocycles. The minimum atomic E-state index is 0.369. The largest absolute Gasteiger partial charge is 0.495 e. The highest BCUT2D eigenvalue weighted by molar-refractivity contribution is 8.00. The highest BCUT2D eigenvalue weighted by Gasteiger charge is 2.50. The molecule has 0 bridgehead atoms. The van der Waals surface area contributed by atoms with Crippen molar-refractivity contribution >= 4 is 40.2 Å². The lowest BCUT2D eigenvalue weighted by Gasteiger charge is -2.12. The van der Waals surface area contributed by atoms with Gasteiger partial charge in [-0.3, -0.25) is 4.68 Å². The Morgan fingerprint density at radius 3 is 2.47 bits per heavy atom. The highest BCUT2D eigenvalue weighted by atomic mass is 32.2. The minimum Gasteiger partial charge on any atom is -0.495 e. The molecule has 0 amide bonds. The Morgan fingerprint density at radius 1 is 1.00 bits per heavy atom. The van der Waals surface area contributed by atoms with Crippen LogP contribution in [0.25, 0.3) is 11.0 Å². The number of nitrogens with zero attached hydrogens (tertiary/aromatic N) is 3. The van der Waals surface area contributed by atoms with Crippen molar-refractivity contribution in [1.82, 2.24) is 14.9 Å². The maximum atomic E-state index is 5.68. The van der Waals surface area contributed by atoms with E-state index in [1.165, 1.54) is 36.9 Å². The topological polar surface area (TPSA) is 95.6 Å². The summed E-state index contributed by atoms with van der Waals surface area (Å²) in [4.78, 5) is 0.815. The summed E-state index contributed by atoms with van der Waals surface area (Å²) < 4.78 is 27.6. The standard InChI is InChI=1S/C24H25N5O4S/c1-30-16-5-4-6-17(31-2)22(16)34-28-23-14-11-19(32-3)15(12-18(14)33-27-23)25-21-13-20-24(7-8-24)9-10-29(20)26-21/h4-6,11-13H,7-10H2,1-3H3,(H,25,26)(H,27,28). The van der Waals surface area contributed by atoms with Crippen LogP contribution in [0.2, 0.25) is 0 Å². The molecule has 4 aromatic rings. The van der Waals surface area contributed by atoms with E-state index in [0.717, 1.165) is 28.3 Å². The van der Waals surface area contributed by atoms with E-state index in [2.05, 4.69) is 25.9 Å². The summed E-state index contributed by atoms with van der Waals surface area (Å²) in [6.07, 6.45) is 3.73. The fraction of sp³-hybridized carbons (Fsp3) is 0.333. The number of ether oxygens (including phenoxy) is 3. The molecular weight excluding hydrogens is 454 g/mol. The number of rotatable bonds is 8. The molecule has 3 heterocycles. The second-order valence-electron chi connectivity index (χ2n) is 8.57. The van der Waals surface area contributed by atoms with E-state index in [0.29, 0.717) is 34.1 Å². The van der Waals surface area contributed by atoms with E-state index < -0.39 is 0 Å². The van der Waals surface area contributed by atoms with Gasteiger partial charge in [0.25, 0.3) is 0 Å². The maximum absolute atomic E-state index is 5.68. The SMILES string of the molecule is COc1cc2c(NSc3c(OC)cccc3OC)noc2cc1Nc1cc2n(n1)CCC21CC1. The van der Waals surface area contributed by atoms with Gasteiger partial charge in [-0.1, -0.05) is 11.2 Å². The van der Waals surface area contributed by atoms with Gasteiger partial charge in [0.15, 0.2) is 17.2 Å². The number of anilines is 3. The second kappa shape index (κ2) is 8.05. The number of fused-ring (bicyclic) bond motifs is 3. The van der Waals surface area contributed by atoms with Crippen molar-refractivity contribution < 1.29 is 18.7 Å². The van der Waals surface area contributed by atoms with Crippen LogP contribution in [0.15, 0.2) is 45.8 Å². The van der Waals surface area contributed by atoms with Crippen molar-refractivity contribution in [3.8, 4) is 17.2 Å². The minimum absolute atomic E-state index is 0.369. The predicted octanol–water partition coefficient (Wildman–Crippen LogP) is 5.35. The average molecular weight is 480 g/mol. The van der Waals surface area contributed by atoms with E-state index in [1.54, 1.807) is 21.3 Å². The number of benzene rings is 2. The average Bonchev–Trinajstić information content (AvgIpc) is 3.20. The maximum Gasteiger partial charge on any atom is 0.187 e. The lowest BCUT2D eigenvalue weighted by molar-refractivity contribution is 0.376. The van der Waals surface area contributed by atoms with Gasteiger partial charge in [-0.2, -0.15) is 5.10 Å². The zero-order chi connectivity index (χ0) is 23.3. The third kappa shape index (κ3) is 3.40. The summed E-state index contributed by atoms with van der Waals surface area (Å²) in [5, 5.41) is 13.2. The normalized spacial score (nSPS) is 15.4. The Morgan fingerprint density at radius 2 is 1.76 bits per heavy atom. The lowest BCUT2D eigenvalue weighted by atomic mass is 10.0. The van der Waals surface area contributed by atoms with Gasteiger partial charge in [0.2, 0.25) is 0 Å². The molecule has 2 aliphatic rings. The first-order chi connectivity index (χ1) is 16.6. The summed E-state index contributed by atoms with van der Waals surface area (Å²) in [7, 11) is 4.90. The zero-order valence-electron chi connectivity index (χ0n) is 19.2. The molecule has 1 aliphatic heterocycles. The summed E-state index contributed by atoms with van der Waals surface area (Å²) in [5.41, 5.74) is 3.11. The molecule has 2 N–H and O–H groups in total. The molecule has 6 rings (SSSR count). The molecule has 0 radical (unpaired) electrons. The van der Waals surface area contributed by atoms with E-state index >= 15 is 0 Å². The van der Waals surface area contributed by atoms with Gasteiger partial charge in [0.1, 0.15) is 22.1 Å². The van der Waals surface area contributed by atoms with Gasteiger partial charge in [-0.05, 0) is 49.4 Å². The van der Waals surface area contributed by atoms with Crippen molar-refractivity contribution in [3.63, 3.8) is 0 Å². The van der Waals surface area contributed by atoms with Crippen LogP contribution in [0.3, 0.4) is 0 Å². The first kappa shape index (κ1) is 21.0. The fourth-order valence-corrected chi connectivity index (χ4v) is 5.49. The number of aryl methyl sites for hydroxylation is 1. The van der Waals surface area contributed by atoms with E-state index in [9.17, 15) is 0 Å². The van der Waals surface area contributed by atoms with Gasteiger partial charge in [0, 0.05) is 29.8 Å². The van der Waals surface area contributed by atoms with Gasteiger partial charge >= 0.3 is 0 Å². The Hall–Kier alpha value is -3.53. The third-order valence-corrected chi connectivity index (χ3v) is 7.57. The monoisotopic (exact) mass is 479 g/mol. The first-order valence-electron chi connectivity index (χ1n) is 11.1. The molecule has 9 nitrogen and oxygen atoms in total. The molecule has 34 heavy (non-hydrogen) atoms. The molecule has 10 heteroatoms. The Balaban J connectivity index is 1.26. The molecule has 2 aromatic carbocycles. The molecular formula is C24H25N5O4S.